The van der Waals surface area contributed by atoms with Gasteiger partial charge in [-0.1, -0.05) is 26.7 Å². The molecule has 1 heterocycles. The van der Waals surface area contributed by atoms with Gasteiger partial charge >= 0.3 is 5.97 Å². The third-order valence-electron chi connectivity index (χ3n) is 4.76. The number of unbranched alkanes of at least 4 members (excludes halogenated alkanes) is 2. The molecule has 176 valence electrons. The Balaban J connectivity index is 2.85. The summed E-state index contributed by atoms with van der Waals surface area (Å²) < 4.78 is 18.9. The standard InChI is InChI=1S/C24H34N2O6/c1-6-9-15-31-21-19(23(28)25(4)5)26(17-11-13-18(27)14-12-17)20(24(29)30-8-3)22(21)32-16-10-7-2/h11-14,27H,6-10,15-16H2,1-5H3. The molecule has 0 spiro atoms. The number of phenolic OH excluding ortho intramolecular Hbond substituents is 1. The lowest BCUT2D eigenvalue weighted by Crippen LogP contribution is -2.26. The summed E-state index contributed by atoms with van der Waals surface area (Å²) in [5, 5.41) is 9.75. The second kappa shape index (κ2) is 12.0. The summed E-state index contributed by atoms with van der Waals surface area (Å²) in [5.74, 6) is -0.473. The highest BCUT2D eigenvalue weighted by Gasteiger charge is 2.35. The summed E-state index contributed by atoms with van der Waals surface area (Å²) in [7, 11) is 3.27. The van der Waals surface area contributed by atoms with Crippen molar-refractivity contribution in [2.24, 2.45) is 0 Å². The average Bonchev–Trinajstić information content (AvgIpc) is 3.08. The van der Waals surface area contributed by atoms with E-state index in [9.17, 15) is 14.7 Å². The lowest BCUT2D eigenvalue weighted by atomic mass is 10.2. The molecule has 8 heteroatoms. The van der Waals surface area contributed by atoms with Crippen LogP contribution in [0.15, 0.2) is 24.3 Å². The zero-order valence-electron chi connectivity index (χ0n) is 19.6. The Kier molecular flexibility index (Phi) is 9.43. The van der Waals surface area contributed by atoms with Gasteiger partial charge in [0.05, 0.1) is 19.8 Å². The number of aromatic nitrogens is 1. The van der Waals surface area contributed by atoms with Gasteiger partial charge < -0.3 is 24.2 Å². The number of carbonyl (C=O) groups is 2. The maximum Gasteiger partial charge on any atom is 0.359 e. The first-order valence-corrected chi connectivity index (χ1v) is 11.1. The van der Waals surface area contributed by atoms with E-state index in [0.717, 1.165) is 25.7 Å². The predicted molar refractivity (Wildman–Crippen MR) is 122 cm³/mol. The van der Waals surface area contributed by atoms with E-state index in [-0.39, 0.29) is 41.2 Å². The summed E-state index contributed by atoms with van der Waals surface area (Å²) in [6.45, 7) is 6.69. The van der Waals surface area contributed by atoms with Crippen molar-refractivity contribution in [3.63, 3.8) is 0 Å². The van der Waals surface area contributed by atoms with Crippen molar-refractivity contribution in [2.45, 2.75) is 46.5 Å². The fourth-order valence-electron chi connectivity index (χ4n) is 3.08. The van der Waals surface area contributed by atoms with Crippen LogP contribution in [0, 0.1) is 0 Å². The minimum atomic E-state index is -0.620. The molecule has 1 aromatic carbocycles. The van der Waals surface area contributed by atoms with Gasteiger partial charge in [-0.05, 0) is 44.0 Å². The zero-order valence-corrected chi connectivity index (χ0v) is 19.6. The predicted octanol–water partition coefficient (Wildman–Crippen LogP) is 4.42. The van der Waals surface area contributed by atoms with Gasteiger partial charge in [-0.15, -0.1) is 0 Å². The number of hydrogen-bond acceptors (Lipinski definition) is 6. The van der Waals surface area contributed by atoms with Crippen LogP contribution in [0.3, 0.4) is 0 Å². The molecule has 1 N–H and O–H groups in total. The molecular weight excluding hydrogens is 412 g/mol. The van der Waals surface area contributed by atoms with Crippen LogP contribution in [0.25, 0.3) is 5.69 Å². The van der Waals surface area contributed by atoms with Gasteiger partial charge in [0.15, 0.2) is 22.9 Å². The molecule has 0 aliphatic rings. The lowest BCUT2D eigenvalue weighted by Gasteiger charge is -2.16. The quantitative estimate of drug-likeness (QED) is 0.383. The van der Waals surface area contributed by atoms with E-state index in [0.29, 0.717) is 18.9 Å². The van der Waals surface area contributed by atoms with Gasteiger partial charge in [-0.2, -0.15) is 0 Å². The van der Waals surface area contributed by atoms with Gasteiger partial charge in [-0.25, -0.2) is 4.79 Å². The van der Waals surface area contributed by atoms with Gasteiger partial charge in [0.2, 0.25) is 0 Å². The molecule has 0 saturated heterocycles. The van der Waals surface area contributed by atoms with Crippen LogP contribution in [0.1, 0.15) is 67.4 Å². The third-order valence-corrected chi connectivity index (χ3v) is 4.76. The van der Waals surface area contributed by atoms with Gasteiger partial charge in [0.1, 0.15) is 5.75 Å². The van der Waals surface area contributed by atoms with E-state index in [1.165, 1.54) is 21.6 Å². The molecule has 1 aromatic heterocycles. The van der Waals surface area contributed by atoms with Crippen LogP contribution in [-0.4, -0.2) is 60.4 Å². The number of aromatic hydroxyl groups is 1. The Morgan fingerprint density at radius 1 is 0.906 bits per heavy atom. The van der Waals surface area contributed by atoms with Crippen LogP contribution in [0.2, 0.25) is 0 Å². The van der Waals surface area contributed by atoms with Crippen molar-refractivity contribution in [2.75, 3.05) is 33.9 Å². The van der Waals surface area contributed by atoms with Crippen molar-refractivity contribution in [3.8, 4) is 22.9 Å². The number of ether oxygens (including phenoxy) is 3. The molecule has 0 unspecified atom stereocenters. The molecule has 0 aliphatic carbocycles. The van der Waals surface area contributed by atoms with Crippen molar-refractivity contribution in [1.29, 1.82) is 0 Å². The zero-order chi connectivity index (χ0) is 23.7. The van der Waals surface area contributed by atoms with E-state index < -0.39 is 5.97 Å². The number of esters is 1. The average molecular weight is 447 g/mol. The normalized spacial score (nSPS) is 10.7. The fraction of sp³-hybridized carbons (Fsp3) is 0.500. The topological polar surface area (TPSA) is 90.2 Å². The lowest BCUT2D eigenvalue weighted by molar-refractivity contribution is 0.0511. The van der Waals surface area contributed by atoms with Crippen molar-refractivity contribution in [1.82, 2.24) is 9.47 Å². The number of phenols is 1. The Bertz CT molecular complexity index is 902. The molecule has 0 bridgehead atoms. The number of rotatable bonds is 12. The van der Waals surface area contributed by atoms with E-state index >= 15 is 0 Å². The van der Waals surface area contributed by atoms with Crippen LogP contribution < -0.4 is 9.47 Å². The summed E-state index contributed by atoms with van der Waals surface area (Å²) in [4.78, 5) is 27.8. The Labute approximate surface area is 189 Å². The number of nitrogens with zero attached hydrogens (tertiary/aromatic N) is 2. The second-order valence-electron chi connectivity index (χ2n) is 7.53. The Hall–Kier alpha value is -3.16. The van der Waals surface area contributed by atoms with Gasteiger partial charge in [0, 0.05) is 19.8 Å². The first kappa shape index (κ1) is 25.1. The summed E-state index contributed by atoms with van der Waals surface area (Å²) in [6.07, 6.45) is 3.37. The highest BCUT2D eigenvalue weighted by molar-refractivity contribution is 6.02. The molecule has 0 aliphatic heterocycles. The highest BCUT2D eigenvalue weighted by Crippen LogP contribution is 2.42. The maximum atomic E-state index is 13.3. The molecule has 0 radical (unpaired) electrons. The minimum Gasteiger partial charge on any atom is -0.508 e. The first-order chi connectivity index (χ1) is 15.4. The monoisotopic (exact) mass is 446 g/mol. The molecular formula is C24H34N2O6. The fourth-order valence-corrected chi connectivity index (χ4v) is 3.08. The smallest absolute Gasteiger partial charge is 0.359 e. The van der Waals surface area contributed by atoms with E-state index in [1.807, 2.05) is 13.8 Å². The largest absolute Gasteiger partial charge is 0.508 e. The number of amides is 1. The number of benzene rings is 1. The summed E-state index contributed by atoms with van der Waals surface area (Å²) in [5.41, 5.74) is 0.762. The van der Waals surface area contributed by atoms with Crippen molar-refractivity contribution < 1.29 is 28.9 Å². The van der Waals surface area contributed by atoms with Crippen LogP contribution >= 0.6 is 0 Å². The van der Waals surface area contributed by atoms with E-state index in [2.05, 4.69) is 0 Å². The maximum absolute atomic E-state index is 13.3. The van der Waals surface area contributed by atoms with E-state index in [1.54, 1.807) is 33.2 Å². The Morgan fingerprint density at radius 2 is 1.44 bits per heavy atom. The molecule has 0 fully saturated rings. The van der Waals surface area contributed by atoms with Crippen LogP contribution in [0.5, 0.6) is 17.2 Å². The summed E-state index contributed by atoms with van der Waals surface area (Å²) in [6, 6.07) is 6.22. The van der Waals surface area contributed by atoms with Crippen molar-refractivity contribution >= 4 is 11.9 Å². The van der Waals surface area contributed by atoms with E-state index in [4.69, 9.17) is 14.2 Å². The molecule has 8 nitrogen and oxygen atoms in total. The van der Waals surface area contributed by atoms with Crippen molar-refractivity contribution in [3.05, 3.63) is 35.7 Å². The van der Waals surface area contributed by atoms with Gasteiger partial charge in [0.25, 0.3) is 5.91 Å². The molecule has 2 rings (SSSR count). The number of carbonyl (C=O) groups excluding carboxylic acids is 2. The second-order valence-corrected chi connectivity index (χ2v) is 7.53. The van der Waals surface area contributed by atoms with Crippen LogP contribution in [0.4, 0.5) is 0 Å². The van der Waals surface area contributed by atoms with Gasteiger partial charge in [-0.3, -0.25) is 9.36 Å². The summed E-state index contributed by atoms with van der Waals surface area (Å²) >= 11 is 0. The SMILES string of the molecule is CCCCOc1c(OCCCC)c(C(=O)N(C)C)n(-c2ccc(O)cc2)c1C(=O)OCC. The third kappa shape index (κ3) is 5.75. The highest BCUT2D eigenvalue weighted by atomic mass is 16.5. The van der Waals surface area contributed by atoms with Crippen LogP contribution in [-0.2, 0) is 4.74 Å². The molecule has 32 heavy (non-hydrogen) atoms. The molecule has 2 aromatic rings. The molecule has 0 saturated carbocycles. The molecule has 1 amide bonds. The molecule has 0 atom stereocenters. The number of hydrogen-bond donors (Lipinski definition) is 1. The minimum absolute atomic E-state index is 0.0675. The Morgan fingerprint density at radius 3 is 1.91 bits per heavy atom. The first-order valence-electron chi connectivity index (χ1n) is 11.1.